The number of nitrogens with zero attached hydrogens (tertiary/aromatic N) is 2. The molecule has 1 heterocycles. The van der Waals surface area contributed by atoms with Crippen LogP contribution in [-0.2, 0) is 14.3 Å². The standard InChI is InChI=1S/C11H18N2O3/c1-9(8-15-2)5-11(14)13-3-4-16-10(6-12)7-13/h9-10H,3-5,7-8H2,1-2H3. The predicted octanol–water partition coefficient (Wildman–Crippen LogP) is 0.410. The Hall–Kier alpha value is -1.12. The molecule has 2 atom stereocenters. The maximum Gasteiger partial charge on any atom is 0.223 e. The van der Waals surface area contributed by atoms with Gasteiger partial charge >= 0.3 is 0 Å². The summed E-state index contributed by atoms with van der Waals surface area (Å²) in [7, 11) is 1.63. The average Bonchev–Trinajstić information content (AvgIpc) is 2.29. The van der Waals surface area contributed by atoms with Crippen molar-refractivity contribution in [1.82, 2.24) is 4.90 Å². The van der Waals surface area contributed by atoms with Gasteiger partial charge < -0.3 is 14.4 Å². The number of carbonyl (C=O) groups excluding carboxylic acids is 1. The Bertz CT molecular complexity index is 275. The van der Waals surface area contributed by atoms with Gasteiger partial charge in [0.2, 0.25) is 5.91 Å². The van der Waals surface area contributed by atoms with E-state index in [9.17, 15) is 4.79 Å². The zero-order valence-electron chi connectivity index (χ0n) is 9.81. The van der Waals surface area contributed by atoms with Crippen molar-refractivity contribution < 1.29 is 14.3 Å². The highest BCUT2D eigenvalue weighted by Crippen LogP contribution is 2.10. The number of carbonyl (C=O) groups is 1. The van der Waals surface area contributed by atoms with Crippen LogP contribution in [0.2, 0.25) is 0 Å². The Morgan fingerprint density at radius 2 is 2.50 bits per heavy atom. The SMILES string of the molecule is COCC(C)CC(=O)N1CCOC(C#N)C1. The summed E-state index contributed by atoms with van der Waals surface area (Å²) in [6.45, 7) is 3.97. The fraction of sp³-hybridized carbons (Fsp3) is 0.818. The molecule has 0 radical (unpaired) electrons. The van der Waals surface area contributed by atoms with Crippen LogP contribution < -0.4 is 0 Å². The Balaban J connectivity index is 2.39. The minimum absolute atomic E-state index is 0.0769. The summed E-state index contributed by atoms with van der Waals surface area (Å²) in [5.74, 6) is 0.286. The highest BCUT2D eigenvalue weighted by atomic mass is 16.5. The first-order valence-electron chi connectivity index (χ1n) is 5.45. The minimum Gasteiger partial charge on any atom is -0.384 e. The van der Waals surface area contributed by atoms with E-state index in [4.69, 9.17) is 14.7 Å². The lowest BCUT2D eigenvalue weighted by molar-refractivity contribution is -0.138. The van der Waals surface area contributed by atoms with E-state index >= 15 is 0 Å². The maximum absolute atomic E-state index is 11.9. The summed E-state index contributed by atoms with van der Waals surface area (Å²) >= 11 is 0. The number of ether oxygens (including phenoxy) is 2. The molecule has 90 valence electrons. The number of nitriles is 1. The third kappa shape index (κ3) is 3.80. The second kappa shape index (κ2) is 6.46. The molecule has 16 heavy (non-hydrogen) atoms. The minimum atomic E-state index is -0.476. The second-order valence-corrected chi connectivity index (χ2v) is 4.09. The number of methoxy groups -OCH3 is 1. The predicted molar refractivity (Wildman–Crippen MR) is 57.6 cm³/mol. The zero-order chi connectivity index (χ0) is 12.0. The second-order valence-electron chi connectivity index (χ2n) is 4.09. The highest BCUT2D eigenvalue weighted by molar-refractivity contribution is 5.76. The molecular formula is C11H18N2O3. The van der Waals surface area contributed by atoms with Crippen LogP contribution in [0.15, 0.2) is 0 Å². The number of rotatable bonds is 4. The van der Waals surface area contributed by atoms with E-state index in [0.29, 0.717) is 32.7 Å². The molecule has 0 N–H and O–H groups in total. The molecule has 0 aromatic carbocycles. The van der Waals surface area contributed by atoms with Crippen molar-refractivity contribution in [3.8, 4) is 6.07 Å². The lowest BCUT2D eigenvalue weighted by atomic mass is 10.1. The summed E-state index contributed by atoms with van der Waals surface area (Å²) in [4.78, 5) is 13.5. The molecule has 1 amide bonds. The van der Waals surface area contributed by atoms with Crippen LogP contribution in [-0.4, -0.2) is 50.3 Å². The van der Waals surface area contributed by atoms with Crippen LogP contribution >= 0.6 is 0 Å². The van der Waals surface area contributed by atoms with Crippen LogP contribution in [0.3, 0.4) is 0 Å². The van der Waals surface area contributed by atoms with E-state index in [1.165, 1.54) is 0 Å². The molecule has 0 aromatic heterocycles. The van der Waals surface area contributed by atoms with Gasteiger partial charge in [-0.3, -0.25) is 4.79 Å². The molecule has 1 fully saturated rings. The first kappa shape index (κ1) is 12.9. The Kier molecular flexibility index (Phi) is 5.23. The van der Waals surface area contributed by atoms with Crippen molar-refractivity contribution >= 4 is 5.91 Å². The molecular weight excluding hydrogens is 208 g/mol. The van der Waals surface area contributed by atoms with E-state index in [1.54, 1.807) is 12.0 Å². The fourth-order valence-electron chi connectivity index (χ4n) is 1.72. The number of hydrogen-bond acceptors (Lipinski definition) is 4. The Labute approximate surface area is 95.9 Å². The van der Waals surface area contributed by atoms with Crippen molar-refractivity contribution in [1.29, 1.82) is 5.26 Å². The Morgan fingerprint density at radius 3 is 3.12 bits per heavy atom. The molecule has 0 bridgehead atoms. The van der Waals surface area contributed by atoms with Crippen LogP contribution in [0, 0.1) is 17.2 Å². The molecule has 5 heteroatoms. The summed E-state index contributed by atoms with van der Waals surface area (Å²) in [5, 5.41) is 8.72. The monoisotopic (exact) mass is 226 g/mol. The van der Waals surface area contributed by atoms with Crippen molar-refractivity contribution in [2.45, 2.75) is 19.4 Å². The van der Waals surface area contributed by atoms with Crippen molar-refractivity contribution in [2.24, 2.45) is 5.92 Å². The molecule has 2 unspecified atom stereocenters. The van der Waals surface area contributed by atoms with Gasteiger partial charge in [-0.15, -0.1) is 0 Å². The van der Waals surface area contributed by atoms with Gasteiger partial charge in [0.15, 0.2) is 6.10 Å². The number of morpholine rings is 1. The maximum atomic E-state index is 11.9. The summed E-state index contributed by atoms with van der Waals surface area (Å²) < 4.78 is 10.2. The van der Waals surface area contributed by atoms with Gasteiger partial charge in [0.25, 0.3) is 0 Å². The molecule has 0 aromatic rings. The Morgan fingerprint density at radius 1 is 1.75 bits per heavy atom. The lowest BCUT2D eigenvalue weighted by Crippen LogP contribution is -2.45. The highest BCUT2D eigenvalue weighted by Gasteiger charge is 2.24. The van der Waals surface area contributed by atoms with Crippen molar-refractivity contribution in [2.75, 3.05) is 33.4 Å². The van der Waals surface area contributed by atoms with Gasteiger partial charge in [0, 0.05) is 26.7 Å². The first-order chi connectivity index (χ1) is 7.67. The van der Waals surface area contributed by atoms with Gasteiger partial charge in [-0.1, -0.05) is 6.92 Å². The normalized spacial score (nSPS) is 22.6. The van der Waals surface area contributed by atoms with Crippen molar-refractivity contribution in [3.05, 3.63) is 0 Å². The molecule has 0 saturated carbocycles. The molecule has 1 aliphatic heterocycles. The van der Waals surface area contributed by atoms with E-state index in [0.717, 1.165) is 0 Å². The smallest absolute Gasteiger partial charge is 0.223 e. The van der Waals surface area contributed by atoms with Crippen LogP contribution in [0.4, 0.5) is 0 Å². The molecule has 5 nitrogen and oxygen atoms in total. The largest absolute Gasteiger partial charge is 0.384 e. The molecule has 1 saturated heterocycles. The van der Waals surface area contributed by atoms with Crippen LogP contribution in [0.5, 0.6) is 0 Å². The van der Waals surface area contributed by atoms with Gasteiger partial charge in [0.05, 0.1) is 19.2 Å². The van der Waals surface area contributed by atoms with E-state index in [1.807, 2.05) is 13.0 Å². The van der Waals surface area contributed by atoms with Crippen molar-refractivity contribution in [3.63, 3.8) is 0 Å². The first-order valence-corrected chi connectivity index (χ1v) is 5.45. The fourth-order valence-corrected chi connectivity index (χ4v) is 1.72. The quantitative estimate of drug-likeness (QED) is 0.696. The molecule has 0 aliphatic carbocycles. The summed E-state index contributed by atoms with van der Waals surface area (Å²) in [5.41, 5.74) is 0. The lowest BCUT2D eigenvalue weighted by Gasteiger charge is -2.30. The summed E-state index contributed by atoms with van der Waals surface area (Å²) in [6, 6.07) is 2.03. The van der Waals surface area contributed by atoms with Gasteiger partial charge in [-0.25, -0.2) is 0 Å². The van der Waals surface area contributed by atoms with Crippen LogP contribution in [0.1, 0.15) is 13.3 Å². The van der Waals surface area contributed by atoms with E-state index < -0.39 is 6.10 Å². The zero-order valence-corrected chi connectivity index (χ0v) is 9.81. The third-order valence-electron chi connectivity index (χ3n) is 2.54. The third-order valence-corrected chi connectivity index (χ3v) is 2.54. The number of hydrogen-bond donors (Lipinski definition) is 0. The summed E-state index contributed by atoms with van der Waals surface area (Å²) in [6.07, 6.45) is -0.0122. The average molecular weight is 226 g/mol. The molecule has 1 rings (SSSR count). The molecule has 0 spiro atoms. The van der Waals surface area contributed by atoms with Gasteiger partial charge in [-0.2, -0.15) is 5.26 Å². The van der Waals surface area contributed by atoms with Gasteiger partial charge in [0.1, 0.15) is 0 Å². The topological polar surface area (TPSA) is 62.6 Å². The van der Waals surface area contributed by atoms with Crippen LogP contribution in [0.25, 0.3) is 0 Å². The van der Waals surface area contributed by atoms with Gasteiger partial charge in [-0.05, 0) is 5.92 Å². The van der Waals surface area contributed by atoms with E-state index in [-0.39, 0.29) is 11.8 Å². The van der Waals surface area contributed by atoms with E-state index in [2.05, 4.69) is 0 Å². The molecule has 1 aliphatic rings. The number of amides is 1.